The third-order valence-corrected chi connectivity index (χ3v) is 2.63. The van der Waals surface area contributed by atoms with Gasteiger partial charge in [-0.3, -0.25) is 4.79 Å². The maximum atomic E-state index is 11.0. The van der Waals surface area contributed by atoms with E-state index in [4.69, 9.17) is 0 Å². The van der Waals surface area contributed by atoms with Crippen molar-refractivity contribution in [1.82, 2.24) is 5.32 Å². The van der Waals surface area contributed by atoms with Crippen molar-refractivity contribution in [2.45, 2.75) is 18.9 Å². The molecule has 3 nitrogen and oxygen atoms in total. The van der Waals surface area contributed by atoms with Gasteiger partial charge in [0.2, 0.25) is 0 Å². The Morgan fingerprint density at radius 3 is 2.46 bits per heavy atom. The molecule has 1 heterocycles. The molecular weight excluding hydrogens is 362 g/mol. The van der Waals surface area contributed by atoms with Crippen LogP contribution in [0.15, 0.2) is 0 Å². The van der Waals surface area contributed by atoms with E-state index >= 15 is 0 Å². The van der Waals surface area contributed by atoms with Crippen molar-refractivity contribution in [3.05, 3.63) is 5.32 Å². The molecule has 1 aliphatic rings. The number of carbonyl (C=O) groups is 1. The van der Waals surface area contributed by atoms with Gasteiger partial charge in [0.1, 0.15) is 0 Å². The van der Waals surface area contributed by atoms with Crippen molar-refractivity contribution < 1.29 is 24.6 Å². The van der Waals surface area contributed by atoms with Crippen LogP contribution in [0.1, 0.15) is 12.8 Å². The predicted molar refractivity (Wildman–Crippen MR) is 52.7 cm³/mol. The summed E-state index contributed by atoms with van der Waals surface area (Å²) in [6.07, 6.45) is 2.07. The van der Waals surface area contributed by atoms with Crippen molar-refractivity contribution in [3.8, 4) is 0 Å². The molecular formula is C8H15N2OOsS. The number of likely N-dealkylation sites (N-methyl/N-ethyl adjacent to an activating group) is 1. The van der Waals surface area contributed by atoms with E-state index in [9.17, 15) is 4.79 Å². The molecule has 0 bridgehead atoms. The molecule has 1 atom stereocenters. The molecule has 0 aromatic rings. The second kappa shape index (κ2) is 6.95. The van der Waals surface area contributed by atoms with Crippen LogP contribution in [0.4, 0.5) is 0 Å². The standard InChI is InChI=1S/C8H15N2OS.Os/c1-9-7(8(11)12)6-2-4-10-5-3-6;/h6-7,10H,2-5H2,1H3,(H,11,12);/q-1;+1. The first-order valence-electron chi connectivity index (χ1n) is 4.28. The maximum absolute atomic E-state index is 11.0. The summed E-state index contributed by atoms with van der Waals surface area (Å²) in [5, 5.41) is 7.22. The van der Waals surface area contributed by atoms with Gasteiger partial charge in [-0.2, -0.15) is 7.05 Å². The van der Waals surface area contributed by atoms with Gasteiger partial charge in [-0.1, -0.05) is 6.04 Å². The average molecular weight is 378 g/mol. The minimum Gasteiger partial charge on any atom is -0.655 e. The SMILES string of the molecule is C[N-]C(C(=O)S)C1CCNCC1.[Os+]. The summed E-state index contributed by atoms with van der Waals surface area (Å²) in [4.78, 5) is 11.0. The molecule has 77 valence electrons. The summed E-state index contributed by atoms with van der Waals surface area (Å²) in [5.74, 6) is 0.404. The first kappa shape index (κ1) is 13.6. The molecule has 0 aliphatic carbocycles. The monoisotopic (exact) mass is 379 g/mol. The Morgan fingerprint density at radius 2 is 2.08 bits per heavy atom. The topological polar surface area (TPSA) is 43.2 Å². The number of nitrogens with zero attached hydrogens (tertiary/aromatic N) is 1. The molecule has 0 aromatic heterocycles. The zero-order chi connectivity index (χ0) is 8.97. The predicted octanol–water partition coefficient (Wildman–Crippen LogP) is 0.812. The quantitative estimate of drug-likeness (QED) is 0.715. The molecule has 1 N–H and O–H groups in total. The molecule has 13 heavy (non-hydrogen) atoms. The van der Waals surface area contributed by atoms with Crippen LogP contribution in [0, 0.1) is 5.92 Å². The summed E-state index contributed by atoms with van der Waals surface area (Å²) in [6.45, 7) is 2.00. The minimum absolute atomic E-state index is 0. The van der Waals surface area contributed by atoms with E-state index in [0.29, 0.717) is 5.92 Å². The van der Waals surface area contributed by atoms with Crippen molar-refractivity contribution in [3.63, 3.8) is 0 Å². The molecule has 5 heteroatoms. The summed E-state index contributed by atoms with van der Waals surface area (Å²) >= 11 is 3.83. The third-order valence-electron chi connectivity index (χ3n) is 2.36. The second-order valence-electron chi connectivity index (χ2n) is 3.13. The van der Waals surface area contributed by atoms with Crippen molar-refractivity contribution in [2.24, 2.45) is 5.92 Å². The summed E-state index contributed by atoms with van der Waals surface area (Å²) in [7, 11) is 1.70. The van der Waals surface area contributed by atoms with Crippen LogP contribution in [-0.2, 0) is 24.6 Å². The fraction of sp³-hybridized carbons (Fsp3) is 0.875. The van der Waals surface area contributed by atoms with Gasteiger partial charge in [0.25, 0.3) is 0 Å². The zero-order valence-corrected chi connectivity index (χ0v) is 11.1. The van der Waals surface area contributed by atoms with Gasteiger partial charge in [0.05, 0.1) is 0 Å². The van der Waals surface area contributed by atoms with E-state index in [0.717, 1.165) is 25.9 Å². The Labute approximate surface area is 97.9 Å². The number of hydrogen-bond acceptors (Lipinski definition) is 2. The van der Waals surface area contributed by atoms with E-state index in [1.165, 1.54) is 0 Å². The van der Waals surface area contributed by atoms with Crippen molar-refractivity contribution in [2.75, 3.05) is 20.1 Å². The van der Waals surface area contributed by atoms with Crippen LogP contribution in [-0.4, -0.2) is 31.3 Å². The van der Waals surface area contributed by atoms with Crippen molar-refractivity contribution in [1.29, 1.82) is 0 Å². The molecule has 1 radical (unpaired) electrons. The number of rotatable bonds is 3. The van der Waals surface area contributed by atoms with Crippen LogP contribution in [0.5, 0.6) is 0 Å². The fourth-order valence-electron chi connectivity index (χ4n) is 1.68. The summed E-state index contributed by atoms with van der Waals surface area (Å²) < 4.78 is 0. The molecule has 1 unspecified atom stereocenters. The van der Waals surface area contributed by atoms with E-state index in [2.05, 4.69) is 23.3 Å². The zero-order valence-electron chi connectivity index (χ0n) is 7.64. The van der Waals surface area contributed by atoms with Crippen molar-refractivity contribution >= 4 is 17.7 Å². The third kappa shape index (κ3) is 4.08. The number of carbonyl (C=O) groups excluding carboxylic acids is 1. The van der Waals surface area contributed by atoms with Gasteiger partial charge in [-0.15, -0.1) is 12.6 Å². The van der Waals surface area contributed by atoms with Gasteiger partial charge in [0, 0.05) is 0 Å². The van der Waals surface area contributed by atoms with Crippen LogP contribution < -0.4 is 5.32 Å². The normalized spacial score (nSPS) is 20.5. The van der Waals surface area contributed by atoms with Crippen LogP contribution in [0.2, 0.25) is 0 Å². The van der Waals surface area contributed by atoms with Crippen LogP contribution >= 0.6 is 12.6 Å². The van der Waals surface area contributed by atoms with Crippen LogP contribution in [0.25, 0.3) is 5.32 Å². The van der Waals surface area contributed by atoms with E-state index < -0.39 is 0 Å². The Hall–Kier alpha value is 0.576. The van der Waals surface area contributed by atoms with Crippen LogP contribution in [0.3, 0.4) is 0 Å². The minimum atomic E-state index is -0.185. The molecule has 0 spiro atoms. The molecule has 1 rings (SSSR count). The fourth-order valence-corrected chi connectivity index (χ4v) is 2.01. The summed E-state index contributed by atoms with van der Waals surface area (Å²) in [6, 6.07) is -0.185. The van der Waals surface area contributed by atoms with Gasteiger partial charge < -0.3 is 10.6 Å². The molecule has 0 saturated carbocycles. The number of piperidine rings is 1. The second-order valence-corrected chi connectivity index (χ2v) is 3.57. The largest absolute Gasteiger partial charge is 1.00 e. The summed E-state index contributed by atoms with van der Waals surface area (Å²) in [5.41, 5.74) is 0. The molecule has 1 aliphatic heterocycles. The van der Waals surface area contributed by atoms with Gasteiger partial charge in [-0.25, -0.2) is 0 Å². The Kier molecular flexibility index (Phi) is 7.25. The Balaban J connectivity index is 0.00000144. The Morgan fingerprint density at radius 1 is 1.54 bits per heavy atom. The number of nitrogens with one attached hydrogen (secondary N) is 1. The van der Waals surface area contributed by atoms with E-state index in [1.807, 2.05) is 0 Å². The number of hydrogen-bond donors (Lipinski definition) is 2. The van der Waals surface area contributed by atoms with Gasteiger partial charge >= 0.3 is 19.8 Å². The molecule has 1 fully saturated rings. The van der Waals surface area contributed by atoms with E-state index in [1.54, 1.807) is 7.05 Å². The Bertz CT molecular complexity index is 162. The maximum Gasteiger partial charge on any atom is 1.00 e. The molecule has 0 amide bonds. The van der Waals surface area contributed by atoms with E-state index in [-0.39, 0.29) is 30.9 Å². The van der Waals surface area contributed by atoms with Gasteiger partial charge in [0.15, 0.2) is 5.12 Å². The number of thiol groups is 1. The molecule has 1 saturated heterocycles. The smallest absolute Gasteiger partial charge is 0.655 e. The van der Waals surface area contributed by atoms with Gasteiger partial charge in [-0.05, 0) is 31.8 Å². The first-order chi connectivity index (χ1) is 5.75. The molecule has 0 aromatic carbocycles. The average Bonchev–Trinajstić information content (AvgIpc) is 2.07. The first-order valence-corrected chi connectivity index (χ1v) is 4.73.